The molecule has 17 heavy (non-hydrogen) atoms. The third-order valence-electron chi connectivity index (χ3n) is 3.62. The number of nitrogens with zero attached hydrogens (tertiary/aromatic N) is 4. The van der Waals surface area contributed by atoms with Gasteiger partial charge in [0.2, 0.25) is 0 Å². The lowest BCUT2D eigenvalue weighted by atomic mass is 10.0. The van der Waals surface area contributed by atoms with E-state index in [0.29, 0.717) is 11.6 Å². The fourth-order valence-corrected chi connectivity index (χ4v) is 2.34. The summed E-state index contributed by atoms with van der Waals surface area (Å²) >= 11 is 0. The first-order valence-electron chi connectivity index (χ1n) is 6.15. The van der Waals surface area contributed by atoms with Crippen LogP contribution in [0.15, 0.2) is 0 Å². The van der Waals surface area contributed by atoms with E-state index in [4.69, 9.17) is 0 Å². The van der Waals surface area contributed by atoms with E-state index in [1.165, 1.54) is 19.3 Å². The van der Waals surface area contributed by atoms with E-state index in [1.807, 2.05) is 13.8 Å². The van der Waals surface area contributed by atoms with Crippen molar-refractivity contribution in [3.8, 4) is 6.07 Å². The predicted octanol–water partition coefficient (Wildman–Crippen LogP) is 2.34. The number of piperidine rings is 1. The summed E-state index contributed by atoms with van der Waals surface area (Å²) in [6.07, 6.45) is 3.60. The molecule has 1 aliphatic heterocycles. The summed E-state index contributed by atoms with van der Waals surface area (Å²) in [4.78, 5) is 2.22. The Morgan fingerprint density at radius 3 is 2.71 bits per heavy atom. The van der Waals surface area contributed by atoms with Gasteiger partial charge in [-0.05, 0) is 45.6 Å². The van der Waals surface area contributed by atoms with Crippen molar-refractivity contribution in [3.63, 3.8) is 0 Å². The Labute approximate surface area is 102 Å². The van der Waals surface area contributed by atoms with Crippen molar-refractivity contribution >= 4 is 5.82 Å². The average Bonchev–Trinajstić information content (AvgIpc) is 2.33. The summed E-state index contributed by atoms with van der Waals surface area (Å²) in [6.45, 7) is 7.01. The van der Waals surface area contributed by atoms with Gasteiger partial charge in [-0.15, -0.1) is 5.10 Å². The van der Waals surface area contributed by atoms with Crippen LogP contribution in [0.5, 0.6) is 0 Å². The number of nitriles is 1. The zero-order valence-corrected chi connectivity index (χ0v) is 10.7. The predicted molar refractivity (Wildman–Crippen MR) is 66.9 cm³/mol. The molecule has 2 rings (SSSR count). The summed E-state index contributed by atoms with van der Waals surface area (Å²) in [5.74, 6) is 0.766. The maximum absolute atomic E-state index is 9.30. The van der Waals surface area contributed by atoms with Crippen molar-refractivity contribution in [2.75, 3.05) is 11.4 Å². The molecule has 0 radical (unpaired) electrons. The van der Waals surface area contributed by atoms with Crippen molar-refractivity contribution < 1.29 is 0 Å². The van der Waals surface area contributed by atoms with E-state index >= 15 is 0 Å². The summed E-state index contributed by atoms with van der Waals surface area (Å²) in [5.41, 5.74) is 2.48. The first-order chi connectivity index (χ1) is 8.15. The second-order valence-electron chi connectivity index (χ2n) is 4.76. The molecule has 1 saturated heterocycles. The minimum Gasteiger partial charge on any atom is -0.351 e. The molecule has 0 bridgehead atoms. The molecule has 4 nitrogen and oxygen atoms in total. The van der Waals surface area contributed by atoms with Crippen LogP contribution in [0.1, 0.15) is 43.0 Å². The van der Waals surface area contributed by atoms with Crippen LogP contribution < -0.4 is 4.90 Å². The highest BCUT2D eigenvalue weighted by Crippen LogP contribution is 2.27. The molecule has 0 spiro atoms. The Hall–Kier alpha value is -1.63. The molecule has 0 amide bonds. The molecule has 1 aromatic rings. The van der Waals surface area contributed by atoms with E-state index in [0.717, 1.165) is 23.6 Å². The molecular weight excluding hydrogens is 212 g/mol. The second-order valence-corrected chi connectivity index (χ2v) is 4.76. The lowest BCUT2D eigenvalue weighted by Gasteiger charge is -2.34. The number of rotatable bonds is 1. The number of hydrogen-bond acceptors (Lipinski definition) is 4. The first kappa shape index (κ1) is 11.8. The highest BCUT2D eigenvalue weighted by molar-refractivity contribution is 5.58. The minimum absolute atomic E-state index is 0.451. The minimum atomic E-state index is 0.451. The fraction of sp³-hybridized carbons (Fsp3) is 0.615. The second kappa shape index (κ2) is 4.70. The molecule has 1 fully saturated rings. The van der Waals surface area contributed by atoms with Crippen LogP contribution in [0.3, 0.4) is 0 Å². The summed E-state index contributed by atoms with van der Waals surface area (Å²) in [5, 5.41) is 17.7. The Morgan fingerprint density at radius 2 is 2.06 bits per heavy atom. The highest BCUT2D eigenvalue weighted by Gasteiger charge is 2.24. The molecular formula is C13H18N4. The van der Waals surface area contributed by atoms with E-state index in [9.17, 15) is 5.26 Å². The van der Waals surface area contributed by atoms with Crippen molar-refractivity contribution in [3.05, 3.63) is 16.8 Å². The molecule has 0 aromatic carbocycles. The molecule has 90 valence electrons. The van der Waals surface area contributed by atoms with Gasteiger partial charge >= 0.3 is 0 Å². The van der Waals surface area contributed by atoms with Crippen LogP contribution in [-0.4, -0.2) is 22.8 Å². The number of aromatic nitrogens is 2. The quantitative estimate of drug-likeness (QED) is 0.743. The number of aryl methyl sites for hydroxylation is 1. The molecule has 1 atom stereocenters. The molecule has 0 aliphatic carbocycles. The Morgan fingerprint density at radius 1 is 1.29 bits per heavy atom. The third-order valence-corrected chi connectivity index (χ3v) is 3.62. The third kappa shape index (κ3) is 2.10. The van der Waals surface area contributed by atoms with E-state index < -0.39 is 0 Å². The van der Waals surface area contributed by atoms with Gasteiger partial charge in [0.15, 0.2) is 5.82 Å². The van der Waals surface area contributed by atoms with Gasteiger partial charge in [-0.25, -0.2) is 0 Å². The molecule has 1 unspecified atom stereocenters. The number of anilines is 1. The average molecular weight is 230 g/mol. The molecule has 4 heteroatoms. The van der Waals surface area contributed by atoms with E-state index in [-0.39, 0.29) is 0 Å². The molecule has 0 saturated carbocycles. The largest absolute Gasteiger partial charge is 0.351 e. The van der Waals surface area contributed by atoms with Crippen molar-refractivity contribution in [1.82, 2.24) is 10.2 Å². The lowest BCUT2D eigenvalue weighted by molar-refractivity contribution is 0.479. The van der Waals surface area contributed by atoms with Gasteiger partial charge in [0.25, 0.3) is 0 Å². The maximum atomic E-state index is 9.30. The maximum Gasteiger partial charge on any atom is 0.169 e. The van der Waals surface area contributed by atoms with Crippen molar-refractivity contribution in [1.29, 1.82) is 5.26 Å². The SMILES string of the molecule is Cc1nnc(N2CCCCC2C)c(C#N)c1C. The topological polar surface area (TPSA) is 52.8 Å². The smallest absolute Gasteiger partial charge is 0.169 e. The van der Waals surface area contributed by atoms with Gasteiger partial charge in [-0.1, -0.05) is 0 Å². The van der Waals surface area contributed by atoms with Crippen LogP contribution in [0.2, 0.25) is 0 Å². The molecule has 1 aliphatic rings. The Bertz CT molecular complexity index is 461. The van der Waals surface area contributed by atoms with Crippen molar-refractivity contribution in [2.45, 2.75) is 46.1 Å². The van der Waals surface area contributed by atoms with Gasteiger partial charge in [0.1, 0.15) is 11.6 Å². The normalized spacial score (nSPS) is 20.1. The highest BCUT2D eigenvalue weighted by atomic mass is 15.3. The van der Waals surface area contributed by atoms with Crippen LogP contribution in [-0.2, 0) is 0 Å². The Kier molecular flexibility index (Phi) is 3.28. The first-order valence-corrected chi connectivity index (χ1v) is 6.15. The van der Waals surface area contributed by atoms with Crippen LogP contribution >= 0.6 is 0 Å². The van der Waals surface area contributed by atoms with Crippen LogP contribution in [0.25, 0.3) is 0 Å². The van der Waals surface area contributed by atoms with Gasteiger partial charge in [-0.3, -0.25) is 0 Å². The fourth-order valence-electron chi connectivity index (χ4n) is 2.34. The lowest BCUT2D eigenvalue weighted by Crippen LogP contribution is -2.38. The van der Waals surface area contributed by atoms with Crippen LogP contribution in [0, 0.1) is 25.2 Å². The van der Waals surface area contributed by atoms with Gasteiger partial charge in [0.05, 0.1) is 5.69 Å². The summed E-state index contributed by atoms with van der Waals surface area (Å²) in [7, 11) is 0. The van der Waals surface area contributed by atoms with E-state index in [1.54, 1.807) is 0 Å². The molecule has 1 aromatic heterocycles. The summed E-state index contributed by atoms with van der Waals surface area (Å²) < 4.78 is 0. The van der Waals surface area contributed by atoms with E-state index in [2.05, 4.69) is 28.1 Å². The van der Waals surface area contributed by atoms with Crippen molar-refractivity contribution in [2.24, 2.45) is 0 Å². The monoisotopic (exact) mass is 230 g/mol. The molecule has 0 N–H and O–H groups in total. The Balaban J connectivity index is 2.45. The number of hydrogen-bond donors (Lipinski definition) is 0. The van der Waals surface area contributed by atoms with Gasteiger partial charge in [0, 0.05) is 12.6 Å². The van der Waals surface area contributed by atoms with Gasteiger partial charge in [-0.2, -0.15) is 10.4 Å². The summed E-state index contributed by atoms with van der Waals surface area (Å²) in [6, 6.07) is 2.73. The zero-order chi connectivity index (χ0) is 12.4. The van der Waals surface area contributed by atoms with Crippen LogP contribution in [0.4, 0.5) is 5.82 Å². The van der Waals surface area contributed by atoms with Gasteiger partial charge < -0.3 is 4.90 Å². The molecule has 2 heterocycles. The standard InChI is InChI=1S/C13H18N4/c1-9-6-4-5-7-17(9)13-12(8-14)10(2)11(3)15-16-13/h9H,4-7H2,1-3H3. The zero-order valence-electron chi connectivity index (χ0n) is 10.7.